The first-order chi connectivity index (χ1) is 7.88. The van der Waals surface area contributed by atoms with Gasteiger partial charge in [-0.15, -0.1) is 23.7 Å². The lowest BCUT2D eigenvalue weighted by Gasteiger charge is -1.99. The second kappa shape index (κ2) is 7.42. The highest BCUT2D eigenvalue weighted by atomic mass is 35.5. The number of aryl methyl sites for hydroxylation is 1. The smallest absolute Gasteiger partial charge is 0.109 e. The zero-order valence-electron chi connectivity index (χ0n) is 9.30. The highest BCUT2D eigenvalue weighted by Gasteiger charge is 1.98. The molecule has 94 valence electrons. The molecule has 0 amide bonds. The maximum Gasteiger partial charge on any atom is 0.109 e. The summed E-state index contributed by atoms with van der Waals surface area (Å²) in [6, 6.07) is 4.14. The van der Waals surface area contributed by atoms with Gasteiger partial charge in [0.1, 0.15) is 6.67 Å². The number of rotatable bonds is 6. The van der Waals surface area contributed by atoms with Gasteiger partial charge >= 0.3 is 0 Å². The van der Waals surface area contributed by atoms with Crippen molar-refractivity contribution < 1.29 is 4.39 Å². The Bertz CT molecular complexity index is 416. The van der Waals surface area contributed by atoms with Gasteiger partial charge in [0.15, 0.2) is 0 Å². The summed E-state index contributed by atoms with van der Waals surface area (Å²) in [7, 11) is 0. The SMILES string of the molecule is Cl.FCCn1cc(CNCc2cccs2)cn1. The molecule has 6 heteroatoms. The average molecular weight is 276 g/mol. The third-order valence-corrected chi connectivity index (χ3v) is 3.09. The minimum Gasteiger partial charge on any atom is -0.308 e. The third kappa shape index (κ3) is 4.46. The molecule has 17 heavy (non-hydrogen) atoms. The molecule has 0 radical (unpaired) electrons. The summed E-state index contributed by atoms with van der Waals surface area (Å²) in [6.45, 7) is 1.60. The van der Waals surface area contributed by atoms with E-state index in [1.807, 2.05) is 12.3 Å². The first-order valence-corrected chi connectivity index (χ1v) is 6.07. The van der Waals surface area contributed by atoms with Crippen LogP contribution in [-0.4, -0.2) is 16.5 Å². The molecule has 0 bridgehead atoms. The van der Waals surface area contributed by atoms with Crippen molar-refractivity contribution >= 4 is 23.7 Å². The Labute approximate surface area is 110 Å². The Balaban J connectivity index is 0.00000144. The Morgan fingerprint density at radius 2 is 2.29 bits per heavy atom. The van der Waals surface area contributed by atoms with E-state index in [-0.39, 0.29) is 19.1 Å². The molecule has 0 unspecified atom stereocenters. The Morgan fingerprint density at radius 3 is 3.00 bits per heavy atom. The van der Waals surface area contributed by atoms with Crippen LogP contribution in [0, 0.1) is 0 Å². The van der Waals surface area contributed by atoms with Crippen molar-refractivity contribution in [3.63, 3.8) is 0 Å². The molecule has 0 aliphatic rings. The van der Waals surface area contributed by atoms with Gasteiger partial charge in [-0.25, -0.2) is 4.39 Å². The van der Waals surface area contributed by atoms with Gasteiger partial charge in [-0.2, -0.15) is 5.10 Å². The maximum absolute atomic E-state index is 12.1. The molecule has 0 aliphatic heterocycles. The van der Waals surface area contributed by atoms with E-state index < -0.39 is 0 Å². The Kier molecular flexibility index (Phi) is 6.18. The highest BCUT2D eigenvalue weighted by Crippen LogP contribution is 2.07. The van der Waals surface area contributed by atoms with Crippen molar-refractivity contribution in [2.45, 2.75) is 19.6 Å². The van der Waals surface area contributed by atoms with Crippen LogP contribution in [0.25, 0.3) is 0 Å². The van der Waals surface area contributed by atoms with Gasteiger partial charge in [0.25, 0.3) is 0 Å². The van der Waals surface area contributed by atoms with Crippen LogP contribution in [0.4, 0.5) is 4.39 Å². The van der Waals surface area contributed by atoms with E-state index in [2.05, 4.69) is 21.9 Å². The quantitative estimate of drug-likeness (QED) is 0.878. The molecule has 0 aliphatic carbocycles. The number of hydrogen-bond donors (Lipinski definition) is 1. The number of halogens is 2. The van der Waals surface area contributed by atoms with Crippen LogP contribution in [0.2, 0.25) is 0 Å². The van der Waals surface area contributed by atoms with Gasteiger partial charge in [0.2, 0.25) is 0 Å². The zero-order valence-corrected chi connectivity index (χ0v) is 10.9. The maximum atomic E-state index is 12.1. The molecular formula is C11H15ClFN3S. The third-order valence-electron chi connectivity index (χ3n) is 2.21. The largest absolute Gasteiger partial charge is 0.308 e. The summed E-state index contributed by atoms with van der Waals surface area (Å²) in [4.78, 5) is 1.32. The van der Waals surface area contributed by atoms with Crippen LogP contribution in [0.1, 0.15) is 10.4 Å². The Hall–Kier alpha value is -0.910. The van der Waals surface area contributed by atoms with Crippen LogP contribution in [0.15, 0.2) is 29.9 Å². The van der Waals surface area contributed by atoms with Crippen molar-refractivity contribution in [3.8, 4) is 0 Å². The lowest BCUT2D eigenvalue weighted by molar-refractivity contribution is 0.427. The zero-order chi connectivity index (χ0) is 11.2. The summed E-state index contributed by atoms with van der Waals surface area (Å²) in [5, 5.41) is 9.45. The molecule has 0 aromatic carbocycles. The summed E-state index contributed by atoms with van der Waals surface area (Å²) in [5.74, 6) is 0. The summed E-state index contributed by atoms with van der Waals surface area (Å²) in [6.07, 6.45) is 3.65. The number of hydrogen-bond acceptors (Lipinski definition) is 3. The van der Waals surface area contributed by atoms with E-state index in [1.165, 1.54) is 4.88 Å². The Morgan fingerprint density at radius 1 is 1.41 bits per heavy atom. The van der Waals surface area contributed by atoms with Crippen molar-refractivity contribution in [2.75, 3.05) is 6.67 Å². The molecule has 1 N–H and O–H groups in total. The summed E-state index contributed by atoms with van der Waals surface area (Å²) in [5.41, 5.74) is 1.09. The summed E-state index contributed by atoms with van der Waals surface area (Å²) >= 11 is 1.74. The van der Waals surface area contributed by atoms with Crippen LogP contribution >= 0.6 is 23.7 Å². The van der Waals surface area contributed by atoms with Crippen molar-refractivity contribution in [2.24, 2.45) is 0 Å². The standard InChI is InChI=1S/C11H14FN3S.ClH/c12-3-4-15-9-10(7-14-15)6-13-8-11-2-1-5-16-11;/h1-2,5,7,9,13H,3-4,6,8H2;1H. The van der Waals surface area contributed by atoms with E-state index in [0.717, 1.165) is 18.7 Å². The fraction of sp³-hybridized carbons (Fsp3) is 0.364. The van der Waals surface area contributed by atoms with Crippen molar-refractivity contribution in [3.05, 3.63) is 40.3 Å². The number of nitrogens with one attached hydrogen (secondary N) is 1. The van der Waals surface area contributed by atoms with Gasteiger partial charge in [0.05, 0.1) is 12.7 Å². The second-order valence-corrected chi connectivity index (χ2v) is 4.52. The molecule has 0 fully saturated rings. The van der Waals surface area contributed by atoms with Gasteiger partial charge in [-0.1, -0.05) is 6.07 Å². The lowest BCUT2D eigenvalue weighted by atomic mass is 10.3. The number of alkyl halides is 1. The van der Waals surface area contributed by atoms with Gasteiger partial charge in [0, 0.05) is 29.7 Å². The lowest BCUT2D eigenvalue weighted by Crippen LogP contribution is -2.11. The number of aromatic nitrogens is 2. The minimum atomic E-state index is -0.371. The van der Waals surface area contributed by atoms with Gasteiger partial charge < -0.3 is 5.32 Å². The normalized spacial score (nSPS) is 10.2. The predicted molar refractivity (Wildman–Crippen MR) is 70.3 cm³/mol. The molecule has 2 aromatic rings. The van der Waals surface area contributed by atoms with Crippen molar-refractivity contribution in [1.29, 1.82) is 0 Å². The van der Waals surface area contributed by atoms with E-state index in [0.29, 0.717) is 6.54 Å². The number of nitrogens with zero attached hydrogens (tertiary/aromatic N) is 2. The number of thiophene rings is 1. The van der Waals surface area contributed by atoms with Gasteiger partial charge in [-0.3, -0.25) is 4.68 Å². The fourth-order valence-corrected chi connectivity index (χ4v) is 2.12. The van der Waals surface area contributed by atoms with Crippen LogP contribution in [0.5, 0.6) is 0 Å². The molecule has 2 rings (SSSR count). The van der Waals surface area contributed by atoms with Crippen LogP contribution in [0.3, 0.4) is 0 Å². The fourth-order valence-electron chi connectivity index (χ4n) is 1.45. The first kappa shape index (κ1) is 14.2. The van der Waals surface area contributed by atoms with Gasteiger partial charge in [-0.05, 0) is 11.4 Å². The molecule has 0 saturated carbocycles. The van der Waals surface area contributed by atoms with Crippen LogP contribution < -0.4 is 5.32 Å². The minimum absolute atomic E-state index is 0. The second-order valence-electron chi connectivity index (χ2n) is 3.48. The molecular weight excluding hydrogens is 261 g/mol. The van der Waals surface area contributed by atoms with E-state index in [1.54, 1.807) is 22.2 Å². The van der Waals surface area contributed by atoms with E-state index in [4.69, 9.17) is 0 Å². The molecule has 0 atom stereocenters. The van der Waals surface area contributed by atoms with E-state index in [9.17, 15) is 4.39 Å². The predicted octanol–water partition coefficient (Wildman–Crippen LogP) is 2.63. The first-order valence-electron chi connectivity index (χ1n) is 5.19. The summed E-state index contributed by atoms with van der Waals surface area (Å²) < 4.78 is 13.7. The van der Waals surface area contributed by atoms with Crippen molar-refractivity contribution in [1.82, 2.24) is 15.1 Å². The molecule has 0 spiro atoms. The topological polar surface area (TPSA) is 29.9 Å². The monoisotopic (exact) mass is 275 g/mol. The molecule has 2 aromatic heterocycles. The van der Waals surface area contributed by atoms with E-state index >= 15 is 0 Å². The molecule has 3 nitrogen and oxygen atoms in total. The molecule has 2 heterocycles. The highest BCUT2D eigenvalue weighted by molar-refractivity contribution is 7.09. The molecule has 0 saturated heterocycles. The average Bonchev–Trinajstić information content (AvgIpc) is 2.90. The van der Waals surface area contributed by atoms with Crippen LogP contribution in [-0.2, 0) is 19.6 Å².